The number of hydrogen-bond donors (Lipinski definition) is 1. The maximum Gasteiger partial charge on any atom is 0.292 e. The molecule has 1 amide bonds. The Morgan fingerprint density at radius 3 is 3.00 bits per heavy atom. The van der Waals surface area contributed by atoms with Gasteiger partial charge >= 0.3 is 0 Å². The van der Waals surface area contributed by atoms with Crippen molar-refractivity contribution in [2.75, 3.05) is 25.4 Å². The third kappa shape index (κ3) is 3.05. The van der Waals surface area contributed by atoms with Crippen LogP contribution in [0.25, 0.3) is 0 Å². The van der Waals surface area contributed by atoms with Gasteiger partial charge in [0.25, 0.3) is 11.6 Å². The van der Waals surface area contributed by atoms with Crippen molar-refractivity contribution in [3.8, 4) is 0 Å². The number of nitro groups is 1. The summed E-state index contributed by atoms with van der Waals surface area (Å²) in [6, 6.07) is 4.14. The monoisotopic (exact) mass is 279 g/mol. The van der Waals surface area contributed by atoms with Gasteiger partial charge in [0.15, 0.2) is 0 Å². The van der Waals surface area contributed by atoms with Crippen LogP contribution in [0, 0.1) is 10.1 Å². The highest BCUT2D eigenvalue weighted by Gasteiger charge is 2.23. The Labute approximate surface area is 116 Å². The van der Waals surface area contributed by atoms with E-state index in [1.807, 2.05) is 6.92 Å². The van der Waals surface area contributed by atoms with Crippen LogP contribution in [-0.4, -0.2) is 41.5 Å². The quantitative estimate of drug-likeness (QED) is 0.501. The summed E-state index contributed by atoms with van der Waals surface area (Å²) in [5, 5.41) is 10.9. The van der Waals surface area contributed by atoms with E-state index in [2.05, 4.69) is 0 Å². The van der Waals surface area contributed by atoms with E-state index in [4.69, 9.17) is 10.5 Å². The van der Waals surface area contributed by atoms with E-state index in [0.717, 1.165) is 6.42 Å². The summed E-state index contributed by atoms with van der Waals surface area (Å²) in [7, 11) is 0. The van der Waals surface area contributed by atoms with Crippen molar-refractivity contribution in [2.45, 2.75) is 19.4 Å². The maximum atomic E-state index is 12.4. The molecule has 0 bridgehead atoms. The summed E-state index contributed by atoms with van der Waals surface area (Å²) < 4.78 is 5.48. The van der Waals surface area contributed by atoms with Crippen LogP contribution in [0.1, 0.15) is 23.7 Å². The van der Waals surface area contributed by atoms with Gasteiger partial charge in [0.05, 0.1) is 11.0 Å². The molecule has 0 radical (unpaired) electrons. The smallest absolute Gasteiger partial charge is 0.292 e. The molecule has 1 atom stereocenters. The van der Waals surface area contributed by atoms with Crippen molar-refractivity contribution < 1.29 is 14.5 Å². The van der Waals surface area contributed by atoms with E-state index in [1.165, 1.54) is 18.2 Å². The van der Waals surface area contributed by atoms with E-state index < -0.39 is 4.92 Å². The maximum absolute atomic E-state index is 12.4. The van der Waals surface area contributed by atoms with Crippen LogP contribution in [0.2, 0.25) is 0 Å². The van der Waals surface area contributed by atoms with Crippen LogP contribution in [0.15, 0.2) is 18.2 Å². The van der Waals surface area contributed by atoms with Gasteiger partial charge in [-0.15, -0.1) is 0 Å². The van der Waals surface area contributed by atoms with Crippen LogP contribution in [0.5, 0.6) is 0 Å². The van der Waals surface area contributed by atoms with E-state index in [0.29, 0.717) is 19.7 Å². The lowest BCUT2D eigenvalue weighted by Crippen LogP contribution is -2.35. The Morgan fingerprint density at radius 1 is 1.55 bits per heavy atom. The van der Waals surface area contributed by atoms with Gasteiger partial charge in [-0.3, -0.25) is 14.9 Å². The minimum Gasteiger partial charge on any atom is -0.393 e. The SMILES string of the molecule is CC1CN(C(=O)c2ccc(N)c([N+](=O)[O-])c2)CCCO1. The topological polar surface area (TPSA) is 98.7 Å². The molecule has 0 aliphatic carbocycles. The third-order valence-corrected chi connectivity index (χ3v) is 3.21. The molecule has 2 rings (SSSR count). The molecule has 1 aromatic rings. The minimum atomic E-state index is -0.583. The number of nitrogens with two attached hydrogens (primary N) is 1. The lowest BCUT2D eigenvalue weighted by Gasteiger charge is -2.22. The molecule has 1 aliphatic rings. The first kappa shape index (κ1) is 14.3. The number of benzene rings is 1. The highest BCUT2D eigenvalue weighted by atomic mass is 16.6. The fourth-order valence-corrected chi connectivity index (χ4v) is 2.20. The lowest BCUT2D eigenvalue weighted by atomic mass is 10.1. The van der Waals surface area contributed by atoms with Crippen molar-refractivity contribution in [1.82, 2.24) is 4.90 Å². The van der Waals surface area contributed by atoms with Crippen molar-refractivity contribution in [3.05, 3.63) is 33.9 Å². The molecule has 0 spiro atoms. The molecule has 20 heavy (non-hydrogen) atoms. The number of nitrogen functional groups attached to an aromatic ring is 1. The fourth-order valence-electron chi connectivity index (χ4n) is 2.20. The second-order valence-electron chi connectivity index (χ2n) is 4.82. The highest BCUT2D eigenvalue weighted by Crippen LogP contribution is 2.23. The molecule has 0 aromatic heterocycles. The number of anilines is 1. The van der Waals surface area contributed by atoms with Crippen LogP contribution >= 0.6 is 0 Å². The van der Waals surface area contributed by atoms with E-state index >= 15 is 0 Å². The molecule has 1 saturated heterocycles. The summed E-state index contributed by atoms with van der Waals surface area (Å²) in [5.74, 6) is -0.231. The molecule has 7 heteroatoms. The van der Waals surface area contributed by atoms with Gasteiger partial charge < -0.3 is 15.4 Å². The number of carbonyl (C=O) groups excluding carboxylic acids is 1. The number of hydrogen-bond acceptors (Lipinski definition) is 5. The standard InChI is InChI=1S/C13H17N3O4/c1-9-8-15(5-2-6-20-9)13(17)10-3-4-11(14)12(7-10)16(18)19/h3-4,7,9H,2,5-6,8,14H2,1H3. The molecule has 1 aromatic carbocycles. The van der Waals surface area contributed by atoms with Crippen molar-refractivity contribution in [2.24, 2.45) is 0 Å². The first-order valence-electron chi connectivity index (χ1n) is 6.44. The normalized spacial score (nSPS) is 19.4. The number of ether oxygens (including phenoxy) is 1. The Hall–Kier alpha value is -2.15. The second kappa shape index (κ2) is 5.87. The summed E-state index contributed by atoms with van der Waals surface area (Å²) in [5.41, 5.74) is 5.62. The average Bonchev–Trinajstić information content (AvgIpc) is 2.63. The molecule has 1 aliphatic heterocycles. The first-order valence-corrected chi connectivity index (χ1v) is 6.44. The first-order chi connectivity index (χ1) is 9.49. The third-order valence-electron chi connectivity index (χ3n) is 3.21. The molecule has 2 N–H and O–H groups in total. The van der Waals surface area contributed by atoms with Gasteiger partial charge in [-0.05, 0) is 25.5 Å². The zero-order valence-electron chi connectivity index (χ0n) is 11.2. The predicted octanol–water partition coefficient (Wildman–Crippen LogP) is 1.43. The van der Waals surface area contributed by atoms with Crippen molar-refractivity contribution in [3.63, 3.8) is 0 Å². The second-order valence-corrected chi connectivity index (χ2v) is 4.82. The minimum absolute atomic E-state index is 0.0368. The molecular formula is C13H17N3O4. The Balaban J connectivity index is 2.24. The van der Waals surface area contributed by atoms with Crippen LogP contribution in [0.3, 0.4) is 0 Å². The predicted molar refractivity (Wildman–Crippen MR) is 73.4 cm³/mol. The van der Waals surface area contributed by atoms with Gasteiger partial charge in [-0.2, -0.15) is 0 Å². The summed E-state index contributed by atoms with van der Waals surface area (Å²) in [4.78, 5) is 24.3. The van der Waals surface area contributed by atoms with Crippen LogP contribution in [-0.2, 0) is 4.74 Å². The Bertz CT molecular complexity index is 532. The van der Waals surface area contributed by atoms with Crippen LogP contribution < -0.4 is 5.73 Å². The largest absolute Gasteiger partial charge is 0.393 e. The number of rotatable bonds is 2. The van der Waals surface area contributed by atoms with Crippen molar-refractivity contribution >= 4 is 17.3 Å². The number of nitro benzene ring substituents is 1. The zero-order valence-corrected chi connectivity index (χ0v) is 11.2. The average molecular weight is 279 g/mol. The van der Waals surface area contributed by atoms with Crippen molar-refractivity contribution in [1.29, 1.82) is 0 Å². The highest BCUT2D eigenvalue weighted by molar-refractivity contribution is 5.95. The molecule has 108 valence electrons. The lowest BCUT2D eigenvalue weighted by molar-refractivity contribution is -0.383. The van der Waals surface area contributed by atoms with E-state index in [1.54, 1.807) is 4.90 Å². The molecule has 1 fully saturated rings. The molecule has 1 unspecified atom stereocenters. The number of carbonyl (C=O) groups is 1. The van der Waals surface area contributed by atoms with Crippen LogP contribution in [0.4, 0.5) is 11.4 Å². The van der Waals surface area contributed by atoms with Gasteiger partial charge in [-0.25, -0.2) is 0 Å². The number of amides is 1. The molecule has 0 saturated carbocycles. The van der Waals surface area contributed by atoms with Gasteiger partial charge in [0, 0.05) is 31.3 Å². The van der Waals surface area contributed by atoms with E-state index in [-0.39, 0.29) is 28.9 Å². The molecule has 1 heterocycles. The zero-order chi connectivity index (χ0) is 14.7. The number of nitrogens with zero attached hydrogens (tertiary/aromatic N) is 2. The summed E-state index contributed by atoms with van der Waals surface area (Å²) >= 11 is 0. The van der Waals surface area contributed by atoms with E-state index in [9.17, 15) is 14.9 Å². The van der Waals surface area contributed by atoms with Gasteiger partial charge in [0.2, 0.25) is 0 Å². The molecular weight excluding hydrogens is 262 g/mol. The Kier molecular flexibility index (Phi) is 4.19. The summed E-state index contributed by atoms with van der Waals surface area (Å²) in [6.45, 7) is 3.59. The fraction of sp³-hybridized carbons (Fsp3) is 0.462. The summed E-state index contributed by atoms with van der Waals surface area (Å²) in [6.07, 6.45) is 0.720. The Morgan fingerprint density at radius 2 is 2.30 bits per heavy atom. The van der Waals surface area contributed by atoms with Gasteiger partial charge in [0.1, 0.15) is 5.69 Å². The van der Waals surface area contributed by atoms with Gasteiger partial charge in [-0.1, -0.05) is 0 Å². The molecule has 7 nitrogen and oxygen atoms in total.